The zero-order valence-electron chi connectivity index (χ0n) is 12.0. The van der Waals surface area contributed by atoms with E-state index in [4.69, 9.17) is 0 Å². The fourth-order valence-electron chi connectivity index (χ4n) is 3.38. The molecule has 0 saturated heterocycles. The van der Waals surface area contributed by atoms with Gasteiger partial charge in [0.2, 0.25) is 0 Å². The van der Waals surface area contributed by atoms with Gasteiger partial charge in [0, 0.05) is 5.56 Å². The van der Waals surface area contributed by atoms with Crippen molar-refractivity contribution in [3.8, 4) is 11.1 Å². The van der Waals surface area contributed by atoms with Gasteiger partial charge in [-0.1, -0.05) is 54.6 Å². The number of hydrogen-bond acceptors (Lipinski definition) is 1. The van der Waals surface area contributed by atoms with E-state index in [-0.39, 0.29) is 5.78 Å². The maximum Gasteiger partial charge on any atom is 0.159 e. The second kappa shape index (κ2) is 4.56. The molecule has 0 fully saturated rings. The third-order valence-electron chi connectivity index (χ3n) is 4.48. The van der Waals surface area contributed by atoms with Crippen molar-refractivity contribution in [2.45, 2.75) is 19.8 Å². The van der Waals surface area contributed by atoms with Crippen molar-refractivity contribution in [1.82, 2.24) is 0 Å². The van der Waals surface area contributed by atoms with E-state index in [0.29, 0.717) is 0 Å². The molecular weight excluding hydrogens is 256 g/mol. The van der Waals surface area contributed by atoms with Gasteiger partial charge in [0.05, 0.1) is 0 Å². The average molecular weight is 272 g/mol. The maximum atomic E-state index is 11.4. The molecule has 0 atom stereocenters. The molecule has 1 heteroatoms. The van der Waals surface area contributed by atoms with E-state index in [1.54, 1.807) is 6.92 Å². The Morgan fingerprint density at radius 3 is 2.29 bits per heavy atom. The highest BCUT2D eigenvalue weighted by Gasteiger charge is 2.16. The standard InChI is InChI=1S/C20H16O/c1-13(21)14-5-7-15(8-6-14)18-12-11-17-10-9-16-3-2-4-19(18)20(16)17/h2-8,11-12H,9-10H2,1H3. The third kappa shape index (κ3) is 1.89. The first-order valence-electron chi connectivity index (χ1n) is 7.39. The van der Waals surface area contributed by atoms with Crippen LogP contribution in [0.3, 0.4) is 0 Å². The smallest absolute Gasteiger partial charge is 0.159 e. The van der Waals surface area contributed by atoms with Gasteiger partial charge in [0.1, 0.15) is 0 Å². The summed E-state index contributed by atoms with van der Waals surface area (Å²) in [5.74, 6) is 0.113. The summed E-state index contributed by atoms with van der Waals surface area (Å²) in [6.45, 7) is 1.61. The van der Waals surface area contributed by atoms with Crippen LogP contribution in [0.15, 0.2) is 54.6 Å². The van der Waals surface area contributed by atoms with Crippen molar-refractivity contribution >= 4 is 16.6 Å². The largest absolute Gasteiger partial charge is 0.295 e. The first kappa shape index (κ1) is 12.3. The maximum absolute atomic E-state index is 11.4. The number of hydrogen-bond donors (Lipinski definition) is 0. The lowest BCUT2D eigenvalue weighted by Gasteiger charge is -2.09. The highest BCUT2D eigenvalue weighted by Crippen LogP contribution is 2.36. The summed E-state index contributed by atoms with van der Waals surface area (Å²) in [6, 6.07) is 19.0. The van der Waals surface area contributed by atoms with E-state index in [2.05, 4.69) is 42.5 Å². The molecular formula is C20H16O. The van der Waals surface area contributed by atoms with Crippen LogP contribution in [0.2, 0.25) is 0 Å². The molecule has 1 nitrogen and oxygen atoms in total. The van der Waals surface area contributed by atoms with Crippen molar-refractivity contribution in [3.63, 3.8) is 0 Å². The predicted octanol–water partition coefficient (Wildman–Crippen LogP) is 4.81. The van der Waals surface area contributed by atoms with Crippen molar-refractivity contribution in [2.75, 3.05) is 0 Å². The fraction of sp³-hybridized carbons (Fsp3) is 0.150. The van der Waals surface area contributed by atoms with Crippen molar-refractivity contribution in [2.24, 2.45) is 0 Å². The van der Waals surface area contributed by atoms with E-state index >= 15 is 0 Å². The Kier molecular flexibility index (Phi) is 2.68. The van der Waals surface area contributed by atoms with Crippen LogP contribution in [-0.4, -0.2) is 5.78 Å². The summed E-state index contributed by atoms with van der Waals surface area (Å²) in [5, 5.41) is 2.77. The van der Waals surface area contributed by atoms with Crippen LogP contribution in [0.5, 0.6) is 0 Å². The van der Waals surface area contributed by atoms with Crippen LogP contribution in [-0.2, 0) is 12.8 Å². The van der Waals surface area contributed by atoms with Crippen LogP contribution < -0.4 is 0 Å². The topological polar surface area (TPSA) is 17.1 Å². The van der Waals surface area contributed by atoms with Gasteiger partial charge < -0.3 is 0 Å². The van der Waals surface area contributed by atoms with Gasteiger partial charge in [-0.3, -0.25) is 4.79 Å². The van der Waals surface area contributed by atoms with Gasteiger partial charge in [0.25, 0.3) is 0 Å². The van der Waals surface area contributed by atoms with Crippen LogP contribution in [0.4, 0.5) is 0 Å². The lowest BCUT2D eigenvalue weighted by atomic mass is 9.94. The van der Waals surface area contributed by atoms with Crippen molar-refractivity contribution in [1.29, 1.82) is 0 Å². The van der Waals surface area contributed by atoms with E-state index < -0.39 is 0 Å². The van der Waals surface area contributed by atoms with Crippen molar-refractivity contribution in [3.05, 3.63) is 71.3 Å². The van der Waals surface area contributed by atoms with Gasteiger partial charge >= 0.3 is 0 Å². The number of benzene rings is 3. The average Bonchev–Trinajstić information content (AvgIpc) is 2.93. The second-order valence-electron chi connectivity index (χ2n) is 5.75. The molecule has 102 valence electrons. The Bertz CT molecular complexity index is 847. The Balaban J connectivity index is 1.93. The third-order valence-corrected chi connectivity index (χ3v) is 4.48. The minimum absolute atomic E-state index is 0.113. The van der Waals surface area contributed by atoms with Gasteiger partial charge in [-0.05, 0) is 52.8 Å². The van der Waals surface area contributed by atoms with Crippen LogP contribution >= 0.6 is 0 Å². The Hall–Kier alpha value is -2.41. The van der Waals surface area contributed by atoms with Crippen LogP contribution in [0.1, 0.15) is 28.4 Å². The van der Waals surface area contributed by atoms with Gasteiger partial charge in [-0.25, -0.2) is 0 Å². The minimum atomic E-state index is 0.113. The molecule has 0 aliphatic heterocycles. The van der Waals surface area contributed by atoms with Crippen LogP contribution in [0, 0.1) is 0 Å². The van der Waals surface area contributed by atoms with Gasteiger partial charge in [-0.15, -0.1) is 0 Å². The molecule has 0 amide bonds. The number of aryl methyl sites for hydroxylation is 2. The first-order valence-corrected chi connectivity index (χ1v) is 7.39. The van der Waals surface area contributed by atoms with Crippen LogP contribution in [0.25, 0.3) is 21.9 Å². The number of carbonyl (C=O) groups is 1. The normalized spacial score (nSPS) is 12.8. The number of ketones is 1. The molecule has 0 N–H and O–H groups in total. The second-order valence-corrected chi connectivity index (χ2v) is 5.75. The molecule has 0 spiro atoms. The highest BCUT2D eigenvalue weighted by atomic mass is 16.1. The number of Topliss-reactive ketones (excluding diaryl/α,β-unsaturated/α-hetero) is 1. The molecule has 3 aromatic rings. The molecule has 0 heterocycles. The zero-order valence-corrected chi connectivity index (χ0v) is 12.0. The monoisotopic (exact) mass is 272 g/mol. The highest BCUT2D eigenvalue weighted by molar-refractivity contribution is 6.02. The molecule has 0 bridgehead atoms. The molecule has 0 unspecified atom stereocenters. The molecule has 1 aliphatic carbocycles. The van der Waals surface area contributed by atoms with Crippen molar-refractivity contribution < 1.29 is 4.79 Å². The van der Waals surface area contributed by atoms with E-state index in [0.717, 1.165) is 18.4 Å². The molecule has 0 saturated carbocycles. The summed E-state index contributed by atoms with van der Waals surface area (Å²) < 4.78 is 0. The Labute approximate surface area is 124 Å². The Morgan fingerprint density at radius 2 is 1.57 bits per heavy atom. The van der Waals surface area contributed by atoms with E-state index in [1.807, 2.05) is 12.1 Å². The molecule has 3 aromatic carbocycles. The Morgan fingerprint density at radius 1 is 0.857 bits per heavy atom. The first-order chi connectivity index (χ1) is 10.2. The summed E-state index contributed by atoms with van der Waals surface area (Å²) in [4.78, 5) is 11.4. The van der Waals surface area contributed by atoms with E-state index in [1.165, 1.54) is 33.0 Å². The summed E-state index contributed by atoms with van der Waals surface area (Å²) in [6.07, 6.45) is 2.30. The number of rotatable bonds is 2. The molecule has 0 aromatic heterocycles. The lowest BCUT2D eigenvalue weighted by Crippen LogP contribution is -1.91. The molecule has 0 radical (unpaired) electrons. The summed E-state index contributed by atoms with van der Waals surface area (Å²) in [7, 11) is 0. The molecule has 1 aliphatic rings. The quantitative estimate of drug-likeness (QED) is 0.612. The summed E-state index contributed by atoms with van der Waals surface area (Å²) >= 11 is 0. The number of carbonyl (C=O) groups excluding carboxylic acids is 1. The SMILES string of the molecule is CC(=O)c1ccc(-c2ccc3c4c(cccc24)CC3)cc1. The fourth-order valence-corrected chi connectivity index (χ4v) is 3.38. The van der Waals surface area contributed by atoms with Gasteiger partial charge in [0.15, 0.2) is 5.78 Å². The lowest BCUT2D eigenvalue weighted by molar-refractivity contribution is 0.101. The van der Waals surface area contributed by atoms with E-state index in [9.17, 15) is 4.79 Å². The van der Waals surface area contributed by atoms with Gasteiger partial charge in [-0.2, -0.15) is 0 Å². The zero-order chi connectivity index (χ0) is 14.4. The predicted molar refractivity (Wildman–Crippen MR) is 86.8 cm³/mol. The molecule has 21 heavy (non-hydrogen) atoms. The summed E-state index contributed by atoms with van der Waals surface area (Å²) in [5.41, 5.74) is 6.13. The minimum Gasteiger partial charge on any atom is -0.295 e. The molecule has 4 rings (SSSR count).